The molecule has 7 heteroatoms. The number of hydrogen-bond donors (Lipinski definition) is 1. The molecule has 0 unspecified atom stereocenters. The van der Waals surface area contributed by atoms with Gasteiger partial charge < -0.3 is 15.0 Å². The highest BCUT2D eigenvalue weighted by atomic mass is 35.5. The topological polar surface area (TPSA) is 59.4 Å². The van der Waals surface area contributed by atoms with Gasteiger partial charge in [0.15, 0.2) is 0 Å². The number of aromatic nitrogens is 2. The zero-order valence-electron chi connectivity index (χ0n) is 13.4. The molecule has 1 heterocycles. The minimum absolute atomic E-state index is 0.163. The summed E-state index contributed by atoms with van der Waals surface area (Å²) in [7, 11) is 3.89. The predicted octanol–water partition coefficient (Wildman–Crippen LogP) is 1.69. The number of likely N-dealkylation sites (N-methyl/N-ethyl adjacent to an activating group) is 1. The third-order valence-electron chi connectivity index (χ3n) is 2.98. The highest BCUT2D eigenvalue weighted by molar-refractivity contribution is 6.32. The minimum atomic E-state index is -0.335. The van der Waals surface area contributed by atoms with E-state index in [1.54, 1.807) is 6.20 Å². The van der Waals surface area contributed by atoms with E-state index >= 15 is 0 Å². The van der Waals surface area contributed by atoms with Gasteiger partial charge in [0.25, 0.3) is 5.56 Å². The van der Waals surface area contributed by atoms with Gasteiger partial charge in [-0.1, -0.05) is 11.6 Å². The highest BCUT2D eigenvalue weighted by Crippen LogP contribution is 2.17. The quantitative estimate of drug-likeness (QED) is 0.791. The Kier molecular flexibility index (Phi) is 6.64. The van der Waals surface area contributed by atoms with Crippen molar-refractivity contribution in [2.75, 3.05) is 39.1 Å². The zero-order chi connectivity index (χ0) is 16.0. The smallest absolute Gasteiger partial charge is 0.287 e. The fraction of sp³-hybridized carbons (Fsp3) is 0.714. The maximum Gasteiger partial charge on any atom is 0.287 e. The maximum absolute atomic E-state index is 12.1. The fourth-order valence-electron chi connectivity index (χ4n) is 1.79. The average molecular weight is 317 g/mol. The van der Waals surface area contributed by atoms with Crippen molar-refractivity contribution in [2.24, 2.45) is 0 Å². The molecule has 0 aliphatic heterocycles. The van der Waals surface area contributed by atoms with Gasteiger partial charge in [-0.25, -0.2) is 4.68 Å². The van der Waals surface area contributed by atoms with E-state index in [1.165, 1.54) is 4.68 Å². The molecular weight excluding hydrogens is 292 g/mol. The molecule has 0 fully saturated rings. The first-order valence-electron chi connectivity index (χ1n) is 7.05. The van der Waals surface area contributed by atoms with E-state index < -0.39 is 0 Å². The molecule has 1 rings (SSSR count). The molecule has 0 atom stereocenters. The summed E-state index contributed by atoms with van der Waals surface area (Å²) >= 11 is 6.13. The molecule has 0 spiro atoms. The van der Waals surface area contributed by atoms with Crippen LogP contribution in [-0.2, 0) is 11.3 Å². The third kappa shape index (κ3) is 5.65. The van der Waals surface area contributed by atoms with E-state index in [1.807, 2.05) is 39.8 Å². The Balaban J connectivity index is 2.78. The SMILES string of the molecule is CCOC(C)(C)CNc1cnn(CCN(C)C)c(=O)c1Cl. The lowest BCUT2D eigenvalue weighted by atomic mass is 10.1. The molecule has 0 radical (unpaired) electrons. The normalized spacial score (nSPS) is 12.0. The number of ether oxygens (including phenoxy) is 1. The fourth-order valence-corrected chi connectivity index (χ4v) is 2.01. The van der Waals surface area contributed by atoms with Crippen molar-refractivity contribution in [2.45, 2.75) is 32.9 Å². The molecule has 1 N–H and O–H groups in total. The monoisotopic (exact) mass is 316 g/mol. The summed E-state index contributed by atoms with van der Waals surface area (Å²) < 4.78 is 6.97. The summed E-state index contributed by atoms with van der Waals surface area (Å²) in [6.45, 7) is 8.31. The van der Waals surface area contributed by atoms with Gasteiger partial charge in [-0.15, -0.1) is 0 Å². The van der Waals surface area contributed by atoms with Crippen LogP contribution in [0.1, 0.15) is 20.8 Å². The van der Waals surface area contributed by atoms with Crippen LogP contribution >= 0.6 is 11.6 Å². The summed E-state index contributed by atoms with van der Waals surface area (Å²) in [4.78, 5) is 14.1. The minimum Gasteiger partial charge on any atom is -0.379 e. The summed E-state index contributed by atoms with van der Waals surface area (Å²) in [5, 5.41) is 7.44. The largest absolute Gasteiger partial charge is 0.379 e. The molecule has 1 aromatic rings. The van der Waals surface area contributed by atoms with Crippen molar-refractivity contribution >= 4 is 17.3 Å². The van der Waals surface area contributed by atoms with Crippen LogP contribution in [0.15, 0.2) is 11.0 Å². The summed E-state index contributed by atoms with van der Waals surface area (Å²) in [6.07, 6.45) is 1.58. The van der Waals surface area contributed by atoms with E-state index in [9.17, 15) is 4.79 Å². The number of hydrogen-bond acceptors (Lipinski definition) is 5. The molecule has 6 nitrogen and oxygen atoms in total. The molecule has 0 saturated heterocycles. The van der Waals surface area contributed by atoms with Crippen LogP contribution in [0.5, 0.6) is 0 Å². The van der Waals surface area contributed by atoms with Gasteiger partial charge >= 0.3 is 0 Å². The molecule has 1 aromatic heterocycles. The number of anilines is 1. The van der Waals surface area contributed by atoms with Gasteiger partial charge in [0.2, 0.25) is 0 Å². The summed E-state index contributed by atoms with van der Waals surface area (Å²) in [6, 6.07) is 0. The third-order valence-corrected chi connectivity index (χ3v) is 3.35. The Morgan fingerprint density at radius 3 is 2.71 bits per heavy atom. The molecule has 0 aliphatic carbocycles. The first-order valence-corrected chi connectivity index (χ1v) is 7.43. The average Bonchev–Trinajstić information content (AvgIpc) is 2.39. The second-order valence-corrected chi connectivity index (χ2v) is 6.13. The summed E-state index contributed by atoms with van der Waals surface area (Å²) in [5.74, 6) is 0. The van der Waals surface area contributed by atoms with Gasteiger partial charge in [-0.3, -0.25) is 4.79 Å². The van der Waals surface area contributed by atoms with Crippen molar-refractivity contribution in [3.8, 4) is 0 Å². The van der Waals surface area contributed by atoms with E-state index in [4.69, 9.17) is 16.3 Å². The van der Waals surface area contributed by atoms with Crippen molar-refractivity contribution in [1.29, 1.82) is 0 Å². The van der Waals surface area contributed by atoms with Crippen LogP contribution in [0.3, 0.4) is 0 Å². The zero-order valence-corrected chi connectivity index (χ0v) is 14.2. The highest BCUT2D eigenvalue weighted by Gasteiger charge is 2.18. The van der Waals surface area contributed by atoms with Crippen LogP contribution in [0.4, 0.5) is 5.69 Å². The second kappa shape index (κ2) is 7.77. The van der Waals surface area contributed by atoms with Crippen LogP contribution in [0.25, 0.3) is 0 Å². The number of rotatable bonds is 8. The molecular formula is C14H25ClN4O2. The Hall–Kier alpha value is -1.11. The van der Waals surface area contributed by atoms with Crippen molar-refractivity contribution < 1.29 is 4.74 Å². The lowest BCUT2D eigenvalue weighted by Gasteiger charge is -2.25. The van der Waals surface area contributed by atoms with Gasteiger partial charge in [0.05, 0.1) is 24.0 Å². The lowest BCUT2D eigenvalue weighted by molar-refractivity contribution is 0.000692. The number of nitrogens with one attached hydrogen (secondary N) is 1. The first kappa shape index (κ1) is 17.9. The van der Waals surface area contributed by atoms with Gasteiger partial charge in [0, 0.05) is 19.7 Å². The Morgan fingerprint density at radius 2 is 2.14 bits per heavy atom. The standard InChI is InChI=1S/C14H25ClN4O2/c1-6-21-14(2,3)10-16-11-9-17-19(8-7-18(4)5)13(20)12(11)15/h9,16H,6-8,10H2,1-5H3. The first-order chi connectivity index (χ1) is 9.76. The van der Waals surface area contributed by atoms with E-state index in [-0.39, 0.29) is 16.2 Å². The second-order valence-electron chi connectivity index (χ2n) is 5.75. The molecule has 0 amide bonds. The molecule has 120 valence electrons. The van der Waals surface area contributed by atoms with Gasteiger partial charge in [-0.05, 0) is 34.9 Å². The van der Waals surface area contributed by atoms with Crippen molar-refractivity contribution in [1.82, 2.24) is 14.7 Å². The number of halogens is 1. The van der Waals surface area contributed by atoms with Crippen molar-refractivity contribution in [3.05, 3.63) is 21.6 Å². The molecule has 0 bridgehead atoms. The van der Waals surface area contributed by atoms with Crippen LogP contribution in [0, 0.1) is 0 Å². The van der Waals surface area contributed by atoms with Crippen LogP contribution in [0.2, 0.25) is 5.02 Å². The van der Waals surface area contributed by atoms with E-state index in [0.717, 1.165) is 6.54 Å². The van der Waals surface area contributed by atoms with Crippen LogP contribution in [-0.4, -0.2) is 54.1 Å². The lowest BCUT2D eigenvalue weighted by Crippen LogP contribution is -2.34. The maximum atomic E-state index is 12.1. The predicted molar refractivity (Wildman–Crippen MR) is 86.3 cm³/mol. The molecule has 0 aliphatic rings. The number of nitrogens with zero attached hydrogens (tertiary/aromatic N) is 3. The van der Waals surface area contributed by atoms with Crippen molar-refractivity contribution in [3.63, 3.8) is 0 Å². The Morgan fingerprint density at radius 1 is 1.48 bits per heavy atom. The van der Waals surface area contributed by atoms with Gasteiger partial charge in [-0.2, -0.15) is 5.10 Å². The van der Waals surface area contributed by atoms with E-state index in [0.29, 0.717) is 25.4 Å². The molecule has 21 heavy (non-hydrogen) atoms. The molecule has 0 aromatic carbocycles. The Labute approximate surface area is 131 Å². The van der Waals surface area contributed by atoms with E-state index in [2.05, 4.69) is 10.4 Å². The molecule has 0 saturated carbocycles. The van der Waals surface area contributed by atoms with Gasteiger partial charge in [0.1, 0.15) is 5.02 Å². The van der Waals surface area contributed by atoms with Crippen LogP contribution < -0.4 is 10.9 Å². The summed E-state index contributed by atoms with van der Waals surface area (Å²) in [5.41, 5.74) is -0.0778. The Bertz CT molecular complexity index is 514.